The van der Waals surface area contributed by atoms with Crippen molar-refractivity contribution in [3.05, 3.63) is 0 Å². The summed E-state index contributed by atoms with van der Waals surface area (Å²) in [5, 5.41) is 2.62. The first-order valence-electron chi connectivity index (χ1n) is 5.26. The van der Waals surface area contributed by atoms with Crippen LogP contribution >= 0.6 is 0 Å². The average molecular weight is 211 g/mol. The van der Waals surface area contributed by atoms with Gasteiger partial charge in [0, 0.05) is 12.5 Å². The number of carbonyl (C=O) groups excluding carboxylic acids is 2. The molecular formula is C10H17N3O2. The first-order valence-corrected chi connectivity index (χ1v) is 5.26. The number of nitrogens with zero attached hydrogens (tertiary/aromatic N) is 1. The molecule has 0 fully saturated rings. The lowest BCUT2D eigenvalue weighted by atomic mass is 10.0. The molecule has 0 aliphatic carbocycles. The maximum Gasteiger partial charge on any atom is 0.259 e. The second kappa shape index (κ2) is 5.02. The molecule has 15 heavy (non-hydrogen) atoms. The van der Waals surface area contributed by atoms with E-state index < -0.39 is 5.92 Å². The molecule has 0 aromatic rings. The fourth-order valence-corrected chi connectivity index (χ4v) is 1.43. The number of aliphatic imine (C=N–C) groups is 1. The van der Waals surface area contributed by atoms with Crippen LogP contribution < -0.4 is 11.1 Å². The highest BCUT2D eigenvalue weighted by Gasteiger charge is 2.30. The van der Waals surface area contributed by atoms with Gasteiger partial charge >= 0.3 is 0 Å². The van der Waals surface area contributed by atoms with Gasteiger partial charge in [-0.05, 0) is 12.8 Å². The Bertz CT molecular complexity index is 299. The van der Waals surface area contributed by atoms with Crippen molar-refractivity contribution in [1.29, 1.82) is 0 Å². The molecule has 1 aliphatic heterocycles. The maximum atomic E-state index is 11.5. The van der Waals surface area contributed by atoms with Crippen LogP contribution in [0.4, 0.5) is 0 Å². The Labute approximate surface area is 89.1 Å². The Morgan fingerprint density at radius 3 is 2.60 bits per heavy atom. The number of amidine groups is 1. The maximum absolute atomic E-state index is 11.5. The molecule has 0 aromatic heterocycles. The number of nitrogens with two attached hydrogens (primary N) is 1. The quantitative estimate of drug-likeness (QED) is 0.651. The molecule has 3 N–H and O–H groups in total. The summed E-state index contributed by atoms with van der Waals surface area (Å²) in [6, 6.07) is -0.0602. The molecule has 5 heteroatoms. The van der Waals surface area contributed by atoms with Crippen molar-refractivity contribution in [3.63, 3.8) is 0 Å². The lowest BCUT2D eigenvalue weighted by Gasteiger charge is -2.20. The normalized spacial score (nSPS) is 23.4. The van der Waals surface area contributed by atoms with E-state index in [0.717, 1.165) is 6.42 Å². The van der Waals surface area contributed by atoms with Crippen molar-refractivity contribution < 1.29 is 9.59 Å². The molecule has 0 bridgehead atoms. The second-order valence-electron chi connectivity index (χ2n) is 3.72. The van der Waals surface area contributed by atoms with Gasteiger partial charge in [-0.2, -0.15) is 4.99 Å². The van der Waals surface area contributed by atoms with Gasteiger partial charge < -0.3 is 11.1 Å². The van der Waals surface area contributed by atoms with E-state index in [1.54, 1.807) is 6.92 Å². The summed E-state index contributed by atoms with van der Waals surface area (Å²) < 4.78 is 0. The lowest BCUT2D eigenvalue weighted by Crippen LogP contribution is -2.45. The van der Waals surface area contributed by atoms with Crippen LogP contribution in [0.2, 0.25) is 0 Å². The first-order chi connectivity index (χ1) is 7.08. The summed E-state index contributed by atoms with van der Waals surface area (Å²) >= 11 is 0. The molecule has 0 aromatic carbocycles. The Morgan fingerprint density at radius 1 is 1.47 bits per heavy atom. The van der Waals surface area contributed by atoms with Crippen molar-refractivity contribution in [2.24, 2.45) is 16.6 Å². The number of rotatable bonds is 4. The van der Waals surface area contributed by atoms with Crippen LogP contribution in [0.3, 0.4) is 0 Å². The molecular weight excluding hydrogens is 194 g/mol. The number of hydrogen-bond acceptors (Lipinski definition) is 3. The van der Waals surface area contributed by atoms with Crippen LogP contribution in [0, 0.1) is 5.92 Å². The SMILES string of the molecule is CCC(N)CC1=NC(=O)C(CC)C(=O)N1. The van der Waals surface area contributed by atoms with Crippen molar-refractivity contribution in [1.82, 2.24) is 5.32 Å². The number of amides is 2. The summed E-state index contributed by atoms with van der Waals surface area (Å²) in [6.07, 6.45) is 1.73. The van der Waals surface area contributed by atoms with Gasteiger partial charge in [-0.3, -0.25) is 9.59 Å². The minimum absolute atomic E-state index is 0.0602. The van der Waals surface area contributed by atoms with E-state index >= 15 is 0 Å². The van der Waals surface area contributed by atoms with Crippen molar-refractivity contribution in [2.45, 2.75) is 39.2 Å². The van der Waals surface area contributed by atoms with E-state index in [0.29, 0.717) is 18.7 Å². The van der Waals surface area contributed by atoms with Gasteiger partial charge in [-0.25, -0.2) is 0 Å². The first kappa shape index (κ1) is 11.8. The summed E-state index contributed by atoms with van der Waals surface area (Å²) in [6.45, 7) is 3.74. The van der Waals surface area contributed by atoms with E-state index in [2.05, 4.69) is 10.3 Å². The largest absolute Gasteiger partial charge is 0.327 e. The Balaban J connectivity index is 2.70. The Hall–Kier alpha value is -1.23. The highest BCUT2D eigenvalue weighted by atomic mass is 16.2. The fourth-order valence-electron chi connectivity index (χ4n) is 1.43. The van der Waals surface area contributed by atoms with Crippen LogP contribution in [0.5, 0.6) is 0 Å². The van der Waals surface area contributed by atoms with Crippen LogP contribution in [-0.4, -0.2) is 23.7 Å². The zero-order valence-corrected chi connectivity index (χ0v) is 9.12. The molecule has 2 atom stereocenters. The summed E-state index contributed by atoms with van der Waals surface area (Å²) in [5.74, 6) is -0.814. The minimum atomic E-state index is -0.619. The van der Waals surface area contributed by atoms with Crippen molar-refractivity contribution >= 4 is 17.6 Å². The topological polar surface area (TPSA) is 84.5 Å². The molecule has 0 spiro atoms. The van der Waals surface area contributed by atoms with Crippen molar-refractivity contribution in [2.75, 3.05) is 0 Å². The third-order valence-corrected chi connectivity index (χ3v) is 2.52. The fraction of sp³-hybridized carbons (Fsp3) is 0.700. The molecule has 1 aliphatic rings. The second-order valence-corrected chi connectivity index (χ2v) is 3.72. The van der Waals surface area contributed by atoms with Crippen LogP contribution in [-0.2, 0) is 9.59 Å². The van der Waals surface area contributed by atoms with Gasteiger partial charge in [0.15, 0.2) is 0 Å². The van der Waals surface area contributed by atoms with Gasteiger partial charge in [-0.15, -0.1) is 0 Å². The van der Waals surface area contributed by atoms with Gasteiger partial charge in [0.1, 0.15) is 11.8 Å². The molecule has 2 amide bonds. The highest BCUT2D eigenvalue weighted by Crippen LogP contribution is 2.11. The van der Waals surface area contributed by atoms with E-state index in [-0.39, 0.29) is 17.9 Å². The predicted molar refractivity (Wildman–Crippen MR) is 57.2 cm³/mol. The average Bonchev–Trinajstić information content (AvgIpc) is 2.17. The summed E-state index contributed by atoms with van der Waals surface area (Å²) in [7, 11) is 0. The van der Waals surface area contributed by atoms with E-state index in [4.69, 9.17) is 5.73 Å². The zero-order valence-electron chi connectivity index (χ0n) is 9.12. The molecule has 0 radical (unpaired) electrons. The van der Waals surface area contributed by atoms with E-state index in [1.807, 2.05) is 6.92 Å². The molecule has 1 rings (SSSR count). The third kappa shape index (κ3) is 2.86. The van der Waals surface area contributed by atoms with Crippen LogP contribution in [0.15, 0.2) is 4.99 Å². The number of carbonyl (C=O) groups is 2. The molecule has 0 saturated heterocycles. The Morgan fingerprint density at radius 2 is 2.13 bits per heavy atom. The molecule has 5 nitrogen and oxygen atoms in total. The van der Waals surface area contributed by atoms with Gasteiger partial charge in [0.2, 0.25) is 5.91 Å². The molecule has 1 heterocycles. The number of nitrogens with one attached hydrogen (secondary N) is 1. The van der Waals surface area contributed by atoms with Gasteiger partial charge in [0.25, 0.3) is 5.91 Å². The smallest absolute Gasteiger partial charge is 0.259 e. The predicted octanol–water partition coefficient (Wildman–Crippen LogP) is 0.195. The van der Waals surface area contributed by atoms with Gasteiger partial charge in [-0.1, -0.05) is 13.8 Å². The third-order valence-electron chi connectivity index (χ3n) is 2.52. The van der Waals surface area contributed by atoms with Crippen LogP contribution in [0.1, 0.15) is 33.1 Å². The van der Waals surface area contributed by atoms with E-state index in [1.165, 1.54) is 0 Å². The monoisotopic (exact) mass is 211 g/mol. The standard InChI is InChI=1S/C10H17N3O2/c1-3-6(11)5-8-12-9(14)7(4-2)10(15)13-8/h6-7H,3-5,11H2,1-2H3,(H,12,13,14,15). The summed E-state index contributed by atoms with van der Waals surface area (Å²) in [5.41, 5.74) is 5.72. The van der Waals surface area contributed by atoms with Crippen LogP contribution in [0.25, 0.3) is 0 Å². The van der Waals surface area contributed by atoms with Crippen molar-refractivity contribution in [3.8, 4) is 0 Å². The van der Waals surface area contributed by atoms with E-state index in [9.17, 15) is 9.59 Å². The molecule has 84 valence electrons. The minimum Gasteiger partial charge on any atom is -0.327 e. The Kier molecular flexibility index (Phi) is 3.96. The highest BCUT2D eigenvalue weighted by molar-refractivity contribution is 6.15. The number of hydrogen-bond donors (Lipinski definition) is 2. The lowest BCUT2D eigenvalue weighted by molar-refractivity contribution is -0.133. The summed E-state index contributed by atoms with van der Waals surface area (Å²) in [4.78, 5) is 26.7. The van der Waals surface area contributed by atoms with Gasteiger partial charge in [0.05, 0.1) is 0 Å². The zero-order chi connectivity index (χ0) is 11.4. The molecule has 0 saturated carbocycles. The molecule has 2 unspecified atom stereocenters.